The Balaban J connectivity index is 1.76. The zero-order chi connectivity index (χ0) is 42.9. The number of amides is 2. The fourth-order valence-corrected chi connectivity index (χ4v) is 13.6. The SMILES string of the molecule is C=CCOC(=O)C(N1C(=O)[C@@H]([C@@H](CO[SiH](C)C)C(C)(C)C)[C@H]1[C@@H](C)C(=O)CC(O)[C@@H]1CCCN1C(=O)OCC=C)=P(c1ccccc1)(c1ccccc1)c1ccccc1. The van der Waals surface area contributed by atoms with Crippen LogP contribution in [0.25, 0.3) is 0 Å². The van der Waals surface area contributed by atoms with Gasteiger partial charge in [0.1, 0.15) is 24.4 Å². The van der Waals surface area contributed by atoms with Crippen LogP contribution in [0, 0.1) is 23.2 Å². The van der Waals surface area contributed by atoms with Crippen LogP contribution in [0.5, 0.6) is 0 Å². The molecule has 0 bridgehead atoms. The van der Waals surface area contributed by atoms with Crippen molar-refractivity contribution in [1.82, 2.24) is 9.80 Å². The van der Waals surface area contributed by atoms with Gasteiger partial charge in [0.2, 0.25) is 5.91 Å². The molecule has 316 valence electrons. The second kappa shape index (κ2) is 20.1. The molecule has 5 rings (SSSR count). The van der Waals surface area contributed by atoms with E-state index < -0.39 is 63.4 Å². The van der Waals surface area contributed by atoms with E-state index in [9.17, 15) is 14.7 Å². The molecule has 0 spiro atoms. The summed E-state index contributed by atoms with van der Waals surface area (Å²) in [6, 6.07) is 27.8. The van der Waals surface area contributed by atoms with Gasteiger partial charge in [0.25, 0.3) is 0 Å². The third-order valence-corrected chi connectivity index (χ3v) is 16.7. The molecule has 2 amide bonds. The number of Topliss-reactive ketones (excluding diaryl/α,β-unsaturated/α-hetero) is 1. The van der Waals surface area contributed by atoms with Gasteiger partial charge in [-0.1, -0.05) is 144 Å². The monoisotopic (exact) mass is 840 g/mol. The van der Waals surface area contributed by atoms with Gasteiger partial charge in [-0.05, 0) is 53.2 Å². The topological polar surface area (TPSA) is 123 Å². The number of rotatable bonds is 18. The van der Waals surface area contributed by atoms with E-state index in [0.29, 0.717) is 26.0 Å². The quantitative estimate of drug-likeness (QED) is 0.0539. The van der Waals surface area contributed by atoms with E-state index in [1.165, 1.54) is 17.1 Å². The first-order chi connectivity index (χ1) is 28.2. The maximum Gasteiger partial charge on any atom is 0.410 e. The Morgan fingerprint density at radius 3 is 1.86 bits per heavy atom. The van der Waals surface area contributed by atoms with Crippen LogP contribution < -0.4 is 15.9 Å². The number of carbonyl (C=O) groups is 4. The predicted molar refractivity (Wildman–Crippen MR) is 239 cm³/mol. The van der Waals surface area contributed by atoms with Crippen LogP contribution in [0.4, 0.5) is 4.79 Å². The van der Waals surface area contributed by atoms with E-state index in [0.717, 1.165) is 15.9 Å². The number of carbonyl (C=O) groups excluding carboxylic acids is 4. The summed E-state index contributed by atoms with van der Waals surface area (Å²) in [5.41, 5.74) is -0.256. The van der Waals surface area contributed by atoms with E-state index in [1.807, 2.05) is 91.0 Å². The lowest BCUT2D eigenvalue weighted by Gasteiger charge is -2.56. The van der Waals surface area contributed by atoms with Crippen molar-refractivity contribution in [1.29, 1.82) is 0 Å². The largest absolute Gasteiger partial charge is 0.457 e. The molecule has 0 saturated carbocycles. The second-order valence-electron chi connectivity index (χ2n) is 16.8. The zero-order valence-electron chi connectivity index (χ0n) is 35.4. The normalized spacial score (nSPS) is 19.7. The van der Waals surface area contributed by atoms with Crippen molar-refractivity contribution in [2.75, 3.05) is 26.4 Å². The number of aliphatic hydroxyl groups is 1. The van der Waals surface area contributed by atoms with Gasteiger partial charge in [0.05, 0.1) is 24.1 Å². The van der Waals surface area contributed by atoms with Crippen molar-refractivity contribution in [3.8, 4) is 0 Å². The molecule has 2 fully saturated rings. The van der Waals surface area contributed by atoms with Crippen molar-refractivity contribution in [3.63, 3.8) is 0 Å². The molecule has 59 heavy (non-hydrogen) atoms. The number of ether oxygens (including phenoxy) is 2. The average Bonchev–Trinajstić information content (AvgIpc) is 3.73. The van der Waals surface area contributed by atoms with Crippen LogP contribution in [0.3, 0.4) is 0 Å². The van der Waals surface area contributed by atoms with E-state index in [-0.39, 0.29) is 42.7 Å². The number of aliphatic hydroxyl groups excluding tert-OH is 1. The smallest absolute Gasteiger partial charge is 0.410 e. The van der Waals surface area contributed by atoms with Gasteiger partial charge in [-0.2, -0.15) is 0 Å². The Labute approximate surface area is 351 Å². The van der Waals surface area contributed by atoms with Crippen LogP contribution in [-0.2, 0) is 28.3 Å². The molecule has 0 radical (unpaired) electrons. The summed E-state index contributed by atoms with van der Waals surface area (Å²) in [6.07, 6.45) is 2.15. The zero-order valence-corrected chi connectivity index (χ0v) is 37.4. The van der Waals surface area contributed by atoms with Gasteiger partial charge in [-0.25, -0.2) is 9.59 Å². The van der Waals surface area contributed by atoms with Gasteiger partial charge in [-0.3, -0.25) is 9.59 Å². The molecule has 2 heterocycles. The standard InChI is InChI=1S/C47H61N2O8PSi/c1-9-29-55-45(53)44(58(34-21-14-11-15-22-34,35-23-16-12-17-24-35)36-25-18-13-19-26-36)49-42(41(43(49)52)37(47(4,5)6)32-57-59(7)8)33(3)39(50)31-40(51)38-27-20-28-48(38)46(54)56-30-10-2/h9-19,21-26,33,37-38,40-42,51,59H,1-2,20,27-32H2,3-8H3/t33-,37+,38-,40?,41-,42+/m0/s1. The lowest BCUT2D eigenvalue weighted by atomic mass is 9.63. The summed E-state index contributed by atoms with van der Waals surface area (Å²) in [5, 5.41) is 14.1. The highest BCUT2D eigenvalue weighted by atomic mass is 31.2. The van der Waals surface area contributed by atoms with E-state index in [4.69, 9.17) is 13.9 Å². The van der Waals surface area contributed by atoms with Gasteiger partial charge >= 0.3 is 12.1 Å². The van der Waals surface area contributed by atoms with Crippen LogP contribution in [0.15, 0.2) is 116 Å². The van der Waals surface area contributed by atoms with E-state index in [2.05, 4.69) is 47.0 Å². The Morgan fingerprint density at radius 1 is 0.881 bits per heavy atom. The number of hydrogen-bond donors (Lipinski definition) is 1. The van der Waals surface area contributed by atoms with Crippen molar-refractivity contribution < 1.29 is 38.2 Å². The van der Waals surface area contributed by atoms with E-state index >= 15 is 9.59 Å². The molecule has 12 heteroatoms. The molecular formula is C47H61N2O8PSi. The Bertz CT molecular complexity index is 1900. The third kappa shape index (κ3) is 9.76. The Kier molecular flexibility index (Phi) is 15.5. The highest BCUT2D eigenvalue weighted by molar-refractivity contribution is 7.96. The first-order valence-corrected chi connectivity index (χ1v) is 25.2. The molecule has 3 aromatic rings. The number of ketones is 1. The lowest BCUT2D eigenvalue weighted by Crippen LogP contribution is -2.71. The molecule has 6 atom stereocenters. The third-order valence-electron chi connectivity index (χ3n) is 11.6. The highest BCUT2D eigenvalue weighted by Gasteiger charge is 2.60. The van der Waals surface area contributed by atoms with Crippen LogP contribution in [0.1, 0.15) is 47.0 Å². The minimum atomic E-state index is -3.26. The molecule has 2 aliphatic heterocycles. The van der Waals surface area contributed by atoms with Gasteiger partial charge in [0.15, 0.2) is 9.04 Å². The first kappa shape index (κ1) is 45.5. The van der Waals surface area contributed by atoms with Gasteiger partial charge in [0, 0.05) is 32.4 Å². The number of β-lactam (4-membered cyclic amide) rings is 1. The summed E-state index contributed by atoms with van der Waals surface area (Å²) < 4.78 is 17.7. The number of benzene rings is 3. The molecule has 1 unspecified atom stereocenters. The summed E-state index contributed by atoms with van der Waals surface area (Å²) in [5.74, 6) is -3.12. The van der Waals surface area contributed by atoms with Gasteiger partial charge < -0.3 is 28.8 Å². The fraction of sp³-hybridized carbons (Fsp3) is 0.426. The molecule has 1 N–H and O–H groups in total. The summed E-state index contributed by atoms with van der Waals surface area (Å²) in [4.78, 5) is 61.3. The highest BCUT2D eigenvalue weighted by Crippen LogP contribution is 2.52. The Morgan fingerprint density at radius 2 is 1.39 bits per heavy atom. The summed E-state index contributed by atoms with van der Waals surface area (Å²) >= 11 is 0. The van der Waals surface area contributed by atoms with Crippen LogP contribution in [0.2, 0.25) is 13.1 Å². The predicted octanol–water partition coefficient (Wildman–Crippen LogP) is 6.07. The van der Waals surface area contributed by atoms with Crippen molar-refractivity contribution in [2.24, 2.45) is 23.2 Å². The van der Waals surface area contributed by atoms with Crippen molar-refractivity contribution in [3.05, 3.63) is 116 Å². The molecular weight excluding hydrogens is 780 g/mol. The van der Waals surface area contributed by atoms with Crippen LogP contribution >= 0.6 is 6.89 Å². The van der Waals surface area contributed by atoms with Crippen molar-refractivity contribution in [2.45, 2.75) is 78.2 Å². The fourth-order valence-electron chi connectivity index (χ4n) is 8.63. The first-order valence-electron chi connectivity index (χ1n) is 20.6. The lowest BCUT2D eigenvalue weighted by molar-refractivity contribution is -0.164. The minimum absolute atomic E-state index is 0.0339. The molecule has 3 aromatic carbocycles. The summed E-state index contributed by atoms with van der Waals surface area (Å²) in [6.45, 7) is 17.0. The molecule has 2 aliphatic rings. The summed E-state index contributed by atoms with van der Waals surface area (Å²) in [7, 11) is -1.54. The molecule has 2 saturated heterocycles. The van der Waals surface area contributed by atoms with Crippen molar-refractivity contribution >= 4 is 61.0 Å². The number of esters is 1. The maximum atomic E-state index is 15.5. The number of likely N-dealkylation sites (tertiary alicyclic amines) is 2. The number of hydrogen-bond acceptors (Lipinski definition) is 8. The number of nitrogens with zero attached hydrogens (tertiary/aromatic N) is 2. The van der Waals surface area contributed by atoms with E-state index in [1.54, 1.807) is 11.8 Å². The Hall–Kier alpha value is -4.54. The second-order valence-corrected chi connectivity index (χ2v) is 22.5. The molecule has 10 nitrogen and oxygen atoms in total. The van der Waals surface area contributed by atoms with Crippen LogP contribution in [-0.4, -0.2) is 97.7 Å². The molecule has 0 aliphatic carbocycles. The molecule has 0 aromatic heterocycles. The van der Waals surface area contributed by atoms with Gasteiger partial charge in [-0.15, -0.1) is 0 Å². The minimum Gasteiger partial charge on any atom is -0.457 e. The average molecular weight is 841 g/mol. The maximum absolute atomic E-state index is 15.5.